The first-order valence-corrected chi connectivity index (χ1v) is 4.57. The average molecular weight is 224 g/mol. The van der Waals surface area contributed by atoms with Gasteiger partial charge in [-0.15, -0.1) is 0 Å². The van der Waals surface area contributed by atoms with E-state index in [2.05, 4.69) is 28.1 Å². The molecule has 0 saturated heterocycles. The molecule has 0 aliphatic rings. The van der Waals surface area contributed by atoms with Gasteiger partial charge >= 0.3 is 0 Å². The number of hydrogen-bond donors (Lipinski definition) is 0. The molecule has 62 valence electrons. The van der Waals surface area contributed by atoms with Crippen LogP contribution in [0.2, 0.25) is 0 Å². The second-order valence-electron chi connectivity index (χ2n) is 2.86. The Kier molecular flexibility index (Phi) is 2.88. The first kappa shape index (κ1) is 9.28. The van der Waals surface area contributed by atoms with Crippen LogP contribution in [0.5, 0.6) is 0 Å². The average Bonchev–Trinajstić information content (AvgIpc) is 2.01. The van der Waals surface area contributed by atoms with Gasteiger partial charge in [0, 0.05) is 4.47 Å². The van der Waals surface area contributed by atoms with Crippen molar-refractivity contribution < 1.29 is 0 Å². The highest BCUT2D eigenvalue weighted by Gasteiger charge is 2.01. The topological polar surface area (TPSA) is 23.8 Å². The summed E-state index contributed by atoms with van der Waals surface area (Å²) in [6, 6.07) is 6.27. The molecule has 2 heteroatoms. The Morgan fingerprint density at radius 2 is 2.00 bits per heavy atom. The molecule has 0 aliphatic carbocycles. The fraction of sp³-hybridized carbons (Fsp3) is 0.300. The summed E-state index contributed by atoms with van der Waals surface area (Å²) in [6.45, 7) is 4.08. The summed E-state index contributed by atoms with van der Waals surface area (Å²) < 4.78 is 1.08. The second-order valence-corrected chi connectivity index (χ2v) is 3.72. The second kappa shape index (κ2) is 3.73. The molecule has 0 atom stereocenters. The van der Waals surface area contributed by atoms with E-state index in [9.17, 15) is 0 Å². The fourth-order valence-corrected chi connectivity index (χ4v) is 1.53. The lowest BCUT2D eigenvalue weighted by atomic mass is 10.0. The van der Waals surface area contributed by atoms with Crippen LogP contribution in [-0.2, 0) is 6.42 Å². The van der Waals surface area contributed by atoms with E-state index >= 15 is 0 Å². The molecule has 0 aromatic heterocycles. The predicted octanol–water partition coefficient (Wildman–Crippen LogP) is 3.13. The number of hydrogen-bond acceptors (Lipinski definition) is 1. The fourth-order valence-electron chi connectivity index (χ4n) is 1.14. The molecule has 0 spiro atoms. The first-order chi connectivity index (χ1) is 5.65. The van der Waals surface area contributed by atoms with Crippen LogP contribution in [0.15, 0.2) is 16.6 Å². The first-order valence-electron chi connectivity index (χ1n) is 3.77. The summed E-state index contributed by atoms with van der Waals surface area (Å²) in [5, 5.41) is 8.54. The number of rotatable bonds is 1. The maximum Gasteiger partial charge on any atom is 0.0669 e. The molecule has 0 heterocycles. The van der Waals surface area contributed by atoms with Crippen molar-refractivity contribution in [2.24, 2.45) is 0 Å². The van der Waals surface area contributed by atoms with Crippen LogP contribution >= 0.6 is 15.9 Å². The molecule has 1 rings (SSSR count). The zero-order valence-corrected chi connectivity index (χ0v) is 8.77. The third-order valence-electron chi connectivity index (χ3n) is 1.89. The minimum atomic E-state index is 0.491. The van der Waals surface area contributed by atoms with Crippen LogP contribution in [0.25, 0.3) is 0 Å². The van der Waals surface area contributed by atoms with Crippen LogP contribution in [0.4, 0.5) is 0 Å². The number of halogens is 1. The van der Waals surface area contributed by atoms with Gasteiger partial charge < -0.3 is 0 Å². The van der Waals surface area contributed by atoms with E-state index in [0.717, 1.165) is 10.0 Å². The van der Waals surface area contributed by atoms with E-state index in [1.165, 1.54) is 11.1 Å². The Morgan fingerprint density at radius 3 is 2.58 bits per heavy atom. The van der Waals surface area contributed by atoms with Crippen LogP contribution in [0, 0.1) is 25.2 Å². The number of nitrogens with zero attached hydrogens (tertiary/aromatic N) is 1. The highest BCUT2D eigenvalue weighted by molar-refractivity contribution is 9.10. The molecule has 0 fully saturated rings. The molecule has 0 N–H and O–H groups in total. The smallest absolute Gasteiger partial charge is 0.0669 e. The standard InChI is InChI=1S/C10H10BrN/c1-7-5-8(2)10(11)6-9(7)3-4-12/h5-6H,3H2,1-2H3. The molecule has 0 saturated carbocycles. The van der Waals surface area contributed by atoms with E-state index in [-0.39, 0.29) is 0 Å². The van der Waals surface area contributed by atoms with Crippen molar-refractivity contribution in [3.8, 4) is 6.07 Å². The molecular weight excluding hydrogens is 214 g/mol. The van der Waals surface area contributed by atoms with Gasteiger partial charge in [0.15, 0.2) is 0 Å². The molecular formula is C10H10BrN. The SMILES string of the molecule is Cc1cc(C)c(CC#N)cc1Br. The molecule has 0 radical (unpaired) electrons. The third-order valence-corrected chi connectivity index (χ3v) is 2.74. The summed E-state index contributed by atoms with van der Waals surface area (Å²) in [5.41, 5.74) is 3.52. The van der Waals surface area contributed by atoms with E-state index in [1.54, 1.807) is 0 Å². The third kappa shape index (κ3) is 1.86. The normalized spacial score (nSPS) is 9.50. The summed E-state index contributed by atoms with van der Waals surface area (Å²) in [7, 11) is 0. The van der Waals surface area contributed by atoms with Gasteiger partial charge in [-0.3, -0.25) is 0 Å². The Bertz CT molecular complexity index is 336. The van der Waals surface area contributed by atoms with Crippen molar-refractivity contribution in [1.82, 2.24) is 0 Å². The zero-order valence-electron chi connectivity index (χ0n) is 7.19. The molecule has 0 amide bonds. The molecule has 1 aromatic carbocycles. The molecule has 0 aliphatic heterocycles. The number of aryl methyl sites for hydroxylation is 2. The monoisotopic (exact) mass is 223 g/mol. The largest absolute Gasteiger partial charge is 0.198 e. The van der Waals surface area contributed by atoms with Gasteiger partial charge in [-0.2, -0.15) is 5.26 Å². The predicted molar refractivity (Wildman–Crippen MR) is 52.9 cm³/mol. The molecule has 1 nitrogen and oxygen atoms in total. The lowest BCUT2D eigenvalue weighted by Crippen LogP contribution is -1.89. The Labute approximate surface area is 81.2 Å². The van der Waals surface area contributed by atoms with Crippen molar-refractivity contribution in [2.75, 3.05) is 0 Å². The van der Waals surface area contributed by atoms with Crippen molar-refractivity contribution in [1.29, 1.82) is 5.26 Å². The Hall–Kier alpha value is -0.810. The van der Waals surface area contributed by atoms with E-state index in [1.807, 2.05) is 19.9 Å². The van der Waals surface area contributed by atoms with Crippen molar-refractivity contribution >= 4 is 15.9 Å². The van der Waals surface area contributed by atoms with Crippen LogP contribution < -0.4 is 0 Å². The van der Waals surface area contributed by atoms with Gasteiger partial charge in [0.2, 0.25) is 0 Å². The van der Waals surface area contributed by atoms with Crippen LogP contribution in [0.1, 0.15) is 16.7 Å². The van der Waals surface area contributed by atoms with Gasteiger partial charge in [-0.25, -0.2) is 0 Å². The summed E-state index contributed by atoms with van der Waals surface area (Å²) in [5.74, 6) is 0. The van der Waals surface area contributed by atoms with Gasteiger partial charge in [0.1, 0.15) is 0 Å². The number of nitriles is 1. The van der Waals surface area contributed by atoms with Gasteiger partial charge in [-0.1, -0.05) is 22.0 Å². The lowest BCUT2D eigenvalue weighted by Gasteiger charge is -2.04. The number of benzene rings is 1. The minimum absolute atomic E-state index is 0.491. The maximum atomic E-state index is 8.54. The Morgan fingerprint density at radius 1 is 1.33 bits per heavy atom. The van der Waals surface area contributed by atoms with Gasteiger partial charge in [0.05, 0.1) is 12.5 Å². The van der Waals surface area contributed by atoms with E-state index in [4.69, 9.17) is 5.26 Å². The van der Waals surface area contributed by atoms with Crippen molar-refractivity contribution in [3.05, 3.63) is 33.3 Å². The lowest BCUT2D eigenvalue weighted by molar-refractivity contribution is 1.19. The summed E-state index contributed by atoms with van der Waals surface area (Å²) in [6.07, 6.45) is 0.491. The van der Waals surface area contributed by atoms with E-state index < -0.39 is 0 Å². The van der Waals surface area contributed by atoms with Gasteiger partial charge in [0.25, 0.3) is 0 Å². The quantitative estimate of drug-likeness (QED) is 0.718. The van der Waals surface area contributed by atoms with Crippen molar-refractivity contribution in [2.45, 2.75) is 20.3 Å². The zero-order chi connectivity index (χ0) is 9.14. The molecule has 0 bridgehead atoms. The molecule has 0 unspecified atom stereocenters. The van der Waals surface area contributed by atoms with E-state index in [0.29, 0.717) is 6.42 Å². The summed E-state index contributed by atoms with van der Waals surface area (Å²) >= 11 is 3.44. The Balaban J connectivity index is 3.16. The molecule has 1 aromatic rings. The highest BCUT2D eigenvalue weighted by atomic mass is 79.9. The minimum Gasteiger partial charge on any atom is -0.198 e. The highest BCUT2D eigenvalue weighted by Crippen LogP contribution is 2.21. The summed E-state index contributed by atoms with van der Waals surface area (Å²) in [4.78, 5) is 0. The van der Waals surface area contributed by atoms with Crippen molar-refractivity contribution in [3.63, 3.8) is 0 Å². The maximum absolute atomic E-state index is 8.54. The van der Waals surface area contributed by atoms with Gasteiger partial charge in [-0.05, 0) is 36.6 Å². The van der Waals surface area contributed by atoms with Crippen LogP contribution in [-0.4, -0.2) is 0 Å². The molecule has 12 heavy (non-hydrogen) atoms. The van der Waals surface area contributed by atoms with Crippen LogP contribution in [0.3, 0.4) is 0 Å².